The van der Waals surface area contributed by atoms with Gasteiger partial charge in [0, 0.05) is 0 Å². The highest BCUT2D eigenvalue weighted by atomic mass is 19.1. The van der Waals surface area contributed by atoms with Crippen molar-refractivity contribution in [2.45, 2.75) is 6.17 Å². The molecule has 3 nitrogen and oxygen atoms in total. The molecule has 1 unspecified atom stereocenters. The molecule has 0 radical (unpaired) electrons. The average molecular weight is 168 g/mol. The van der Waals surface area contributed by atoms with E-state index in [0.29, 0.717) is 0 Å². The summed E-state index contributed by atoms with van der Waals surface area (Å²) in [5.74, 6) is 1.41. The first-order valence-electron chi connectivity index (χ1n) is 3.30. The Kier molecular flexibility index (Phi) is 2.60. The average Bonchev–Trinajstić information content (AvgIpc) is 2.04. The van der Waals surface area contributed by atoms with Gasteiger partial charge in [-0.25, -0.2) is 9.18 Å². The van der Waals surface area contributed by atoms with Crippen molar-refractivity contribution in [1.82, 2.24) is 0 Å². The highest BCUT2D eigenvalue weighted by Gasteiger charge is 2.20. The van der Waals surface area contributed by atoms with E-state index in [1.165, 1.54) is 18.1 Å². The van der Waals surface area contributed by atoms with Crippen LogP contribution in [0.25, 0.3) is 0 Å². The first-order chi connectivity index (χ1) is 5.65. The molecule has 1 atom stereocenters. The Hall–Kier alpha value is -1.16. The molecule has 12 heavy (non-hydrogen) atoms. The smallest absolute Gasteiger partial charge is 0.423 e. The molecule has 1 aliphatic rings. The van der Waals surface area contributed by atoms with Crippen LogP contribution >= 0.6 is 0 Å². The Morgan fingerprint density at radius 3 is 2.58 bits per heavy atom. The molecule has 0 aliphatic heterocycles. The summed E-state index contributed by atoms with van der Waals surface area (Å²) < 4.78 is 12.8. The maximum atomic E-state index is 12.8. The monoisotopic (exact) mass is 168 g/mol. The molecule has 0 bridgehead atoms. The molecule has 0 amide bonds. The van der Waals surface area contributed by atoms with E-state index in [0.717, 1.165) is 6.08 Å². The van der Waals surface area contributed by atoms with Gasteiger partial charge in [-0.1, -0.05) is 6.08 Å². The molecule has 62 valence electrons. The van der Waals surface area contributed by atoms with Crippen LogP contribution in [0.2, 0.25) is 0 Å². The Morgan fingerprint density at radius 2 is 2.17 bits per heavy atom. The fraction of sp³-hybridized carbons (Fsp3) is 0.143. The van der Waals surface area contributed by atoms with Crippen LogP contribution in [0.4, 0.5) is 4.39 Å². The summed E-state index contributed by atoms with van der Waals surface area (Å²) in [7, 11) is -1.70. The van der Waals surface area contributed by atoms with E-state index in [1.54, 1.807) is 0 Å². The van der Waals surface area contributed by atoms with Crippen LogP contribution < -0.4 is 0 Å². The lowest BCUT2D eigenvalue weighted by molar-refractivity contribution is 0.415. The molecule has 1 aliphatic carbocycles. The van der Waals surface area contributed by atoms with E-state index in [9.17, 15) is 9.18 Å². The van der Waals surface area contributed by atoms with E-state index in [4.69, 9.17) is 10.0 Å². The number of carbonyl (C=O) groups excluding carboxylic acids is 1. The van der Waals surface area contributed by atoms with Gasteiger partial charge in [0.05, 0.1) is 5.57 Å². The van der Waals surface area contributed by atoms with Crippen molar-refractivity contribution in [2.75, 3.05) is 0 Å². The molecule has 0 aromatic rings. The Morgan fingerprint density at radius 1 is 1.50 bits per heavy atom. The predicted molar refractivity (Wildman–Crippen MR) is 41.5 cm³/mol. The van der Waals surface area contributed by atoms with Crippen molar-refractivity contribution < 1.29 is 19.2 Å². The Labute approximate surface area is 68.7 Å². The van der Waals surface area contributed by atoms with Crippen molar-refractivity contribution in [3.63, 3.8) is 0 Å². The zero-order valence-electron chi connectivity index (χ0n) is 6.07. The fourth-order valence-corrected chi connectivity index (χ4v) is 0.855. The summed E-state index contributed by atoms with van der Waals surface area (Å²) in [5.41, 5.74) is -0.0964. The zero-order chi connectivity index (χ0) is 9.14. The maximum Gasteiger partial charge on any atom is 0.488 e. The van der Waals surface area contributed by atoms with E-state index in [-0.39, 0.29) is 11.0 Å². The number of halogens is 1. The summed E-state index contributed by atoms with van der Waals surface area (Å²) in [4.78, 5) is 10.0. The van der Waals surface area contributed by atoms with Crippen LogP contribution in [0.3, 0.4) is 0 Å². The molecule has 0 saturated carbocycles. The van der Waals surface area contributed by atoms with Crippen molar-refractivity contribution in [1.29, 1.82) is 0 Å². The van der Waals surface area contributed by atoms with Crippen LogP contribution in [0.5, 0.6) is 0 Å². The molecule has 1 rings (SSSR count). The summed E-state index contributed by atoms with van der Waals surface area (Å²) in [6.45, 7) is 0. The molecule has 0 spiro atoms. The molecule has 2 N–H and O–H groups in total. The first kappa shape index (κ1) is 8.94. The highest BCUT2D eigenvalue weighted by Crippen LogP contribution is 2.17. The molecule has 0 aromatic carbocycles. The van der Waals surface area contributed by atoms with E-state index >= 15 is 0 Å². The number of rotatable bonds is 1. The normalized spacial score (nSPS) is 21.8. The second-order valence-corrected chi connectivity index (χ2v) is 2.33. The quantitative estimate of drug-likeness (QED) is 0.413. The van der Waals surface area contributed by atoms with Crippen LogP contribution in [0.1, 0.15) is 0 Å². The molecule has 0 aromatic heterocycles. The van der Waals surface area contributed by atoms with Crippen LogP contribution in [0, 0.1) is 0 Å². The van der Waals surface area contributed by atoms with E-state index < -0.39 is 13.3 Å². The largest absolute Gasteiger partial charge is 0.488 e. The standard InChI is InChI=1S/C7H6BFO3/c9-7-3-6(8(11)12)2-1-5(7)4-10/h1-3,7,11-12H. The third-order valence-corrected chi connectivity index (χ3v) is 1.51. The highest BCUT2D eigenvalue weighted by molar-refractivity contribution is 6.51. The van der Waals surface area contributed by atoms with Crippen molar-refractivity contribution in [2.24, 2.45) is 0 Å². The van der Waals surface area contributed by atoms with Crippen LogP contribution in [-0.4, -0.2) is 29.3 Å². The van der Waals surface area contributed by atoms with Crippen molar-refractivity contribution in [3.8, 4) is 0 Å². The molecule has 0 saturated heterocycles. The van der Waals surface area contributed by atoms with Gasteiger partial charge in [0.2, 0.25) is 0 Å². The minimum atomic E-state index is -1.70. The van der Waals surface area contributed by atoms with Gasteiger partial charge in [-0.3, -0.25) is 0 Å². The second kappa shape index (κ2) is 3.49. The van der Waals surface area contributed by atoms with Crippen LogP contribution in [-0.2, 0) is 4.79 Å². The Bertz CT molecular complexity index is 289. The second-order valence-electron chi connectivity index (χ2n) is 2.33. The number of alkyl halides is 1. The van der Waals surface area contributed by atoms with E-state index in [1.807, 2.05) is 0 Å². The zero-order valence-corrected chi connectivity index (χ0v) is 6.07. The van der Waals surface area contributed by atoms with E-state index in [2.05, 4.69) is 0 Å². The minimum Gasteiger partial charge on any atom is -0.423 e. The van der Waals surface area contributed by atoms with Crippen molar-refractivity contribution >= 4 is 13.1 Å². The van der Waals surface area contributed by atoms with Gasteiger partial charge in [-0.05, 0) is 17.6 Å². The summed E-state index contributed by atoms with van der Waals surface area (Å²) >= 11 is 0. The van der Waals surface area contributed by atoms with Gasteiger partial charge in [0.1, 0.15) is 5.94 Å². The first-order valence-corrected chi connectivity index (χ1v) is 3.30. The summed E-state index contributed by atoms with van der Waals surface area (Å²) in [6, 6.07) is 0. The van der Waals surface area contributed by atoms with Gasteiger partial charge < -0.3 is 10.0 Å². The van der Waals surface area contributed by atoms with Crippen molar-refractivity contribution in [3.05, 3.63) is 29.3 Å². The number of allylic oxidation sites excluding steroid dienone is 5. The lowest BCUT2D eigenvalue weighted by Gasteiger charge is -2.09. The van der Waals surface area contributed by atoms with Gasteiger partial charge in [-0.2, -0.15) is 0 Å². The van der Waals surface area contributed by atoms with Gasteiger partial charge in [0.15, 0.2) is 6.17 Å². The minimum absolute atomic E-state index is 0.0431. The molecule has 5 heteroatoms. The summed E-state index contributed by atoms with van der Waals surface area (Å²) in [5, 5.41) is 17.2. The fourth-order valence-electron chi connectivity index (χ4n) is 0.855. The molecular weight excluding hydrogens is 162 g/mol. The lowest BCUT2D eigenvalue weighted by atomic mass is 9.76. The Balaban J connectivity index is 2.90. The predicted octanol–water partition coefficient (Wildman–Crippen LogP) is -0.409. The molecule has 0 heterocycles. The SMILES string of the molecule is O=C=C1C=CC(B(O)O)=CC1F. The maximum absolute atomic E-state index is 12.8. The number of hydrogen-bond acceptors (Lipinski definition) is 3. The third kappa shape index (κ3) is 1.71. The van der Waals surface area contributed by atoms with Gasteiger partial charge in [0.25, 0.3) is 0 Å². The lowest BCUT2D eigenvalue weighted by Crippen LogP contribution is -2.18. The summed E-state index contributed by atoms with van der Waals surface area (Å²) in [6.07, 6.45) is 1.81. The van der Waals surface area contributed by atoms with Crippen LogP contribution in [0.15, 0.2) is 29.3 Å². The molecule has 0 fully saturated rings. The third-order valence-electron chi connectivity index (χ3n) is 1.51. The molecular formula is C7H6BFO3. The topological polar surface area (TPSA) is 57.5 Å². The van der Waals surface area contributed by atoms with Gasteiger partial charge >= 0.3 is 7.12 Å². The van der Waals surface area contributed by atoms with Gasteiger partial charge in [-0.15, -0.1) is 0 Å². The number of hydrogen-bond donors (Lipinski definition) is 2.